The molecule has 0 atom stereocenters. The van der Waals surface area contributed by atoms with Crippen LogP contribution in [0.25, 0.3) is 6.08 Å². The van der Waals surface area contributed by atoms with E-state index in [0.29, 0.717) is 32.6 Å². The van der Waals surface area contributed by atoms with Crippen LogP contribution in [0.2, 0.25) is 0 Å². The molecule has 6 heteroatoms. The molecule has 1 N–H and O–H groups in total. The number of ether oxygens (including phenoxy) is 2. The van der Waals surface area contributed by atoms with Crippen molar-refractivity contribution in [3.63, 3.8) is 0 Å². The first kappa shape index (κ1) is 15.0. The number of benzene rings is 1. The summed E-state index contributed by atoms with van der Waals surface area (Å²) in [4.78, 5) is 10.5. The van der Waals surface area contributed by atoms with Gasteiger partial charge in [-0.2, -0.15) is 0 Å². The van der Waals surface area contributed by atoms with Crippen molar-refractivity contribution in [1.82, 2.24) is 0 Å². The van der Waals surface area contributed by atoms with Gasteiger partial charge in [0.1, 0.15) is 0 Å². The number of carboxylic acids is 1. The van der Waals surface area contributed by atoms with E-state index in [1.165, 1.54) is 13.2 Å². The summed E-state index contributed by atoms with van der Waals surface area (Å²) in [5.41, 5.74) is 0.685. The molecule has 0 saturated heterocycles. The maximum Gasteiger partial charge on any atom is 0.328 e. The SMILES string of the molecule is CCOc1c(OC)cc(C=CC(=O)O)c(Br)c1Br. The van der Waals surface area contributed by atoms with Crippen LogP contribution in [0.15, 0.2) is 21.1 Å². The van der Waals surface area contributed by atoms with Crippen molar-refractivity contribution in [2.45, 2.75) is 6.92 Å². The first-order valence-electron chi connectivity index (χ1n) is 5.11. The fraction of sp³-hybridized carbons (Fsp3) is 0.250. The normalized spacial score (nSPS) is 10.7. The molecule has 18 heavy (non-hydrogen) atoms. The summed E-state index contributed by atoms with van der Waals surface area (Å²) < 4.78 is 12.1. The third-order valence-electron chi connectivity index (χ3n) is 2.07. The molecule has 0 aliphatic heterocycles. The molecule has 0 aliphatic carbocycles. The molecule has 0 fully saturated rings. The van der Waals surface area contributed by atoms with Crippen molar-refractivity contribution < 1.29 is 19.4 Å². The van der Waals surface area contributed by atoms with E-state index >= 15 is 0 Å². The topological polar surface area (TPSA) is 55.8 Å². The Morgan fingerprint density at radius 2 is 2.11 bits per heavy atom. The molecular formula is C12H12Br2O4. The van der Waals surface area contributed by atoms with Crippen LogP contribution in [-0.2, 0) is 4.79 Å². The van der Waals surface area contributed by atoms with Crippen molar-refractivity contribution in [1.29, 1.82) is 0 Å². The maximum atomic E-state index is 10.5. The Balaban J connectivity index is 3.31. The van der Waals surface area contributed by atoms with Gasteiger partial charge in [0, 0.05) is 10.5 Å². The highest BCUT2D eigenvalue weighted by Gasteiger charge is 2.15. The van der Waals surface area contributed by atoms with Gasteiger partial charge in [-0.25, -0.2) is 4.79 Å². The standard InChI is InChI=1S/C12H12Br2O4/c1-3-18-12-8(17-2)6-7(4-5-9(15)16)10(13)11(12)14/h4-6H,3H2,1-2H3,(H,15,16). The van der Waals surface area contributed by atoms with Crippen molar-refractivity contribution in [2.75, 3.05) is 13.7 Å². The third-order valence-corrected chi connectivity index (χ3v) is 4.21. The smallest absolute Gasteiger partial charge is 0.328 e. The van der Waals surface area contributed by atoms with Crippen LogP contribution < -0.4 is 9.47 Å². The van der Waals surface area contributed by atoms with Crippen molar-refractivity contribution in [3.05, 3.63) is 26.7 Å². The van der Waals surface area contributed by atoms with Gasteiger partial charge < -0.3 is 14.6 Å². The van der Waals surface area contributed by atoms with E-state index in [9.17, 15) is 4.79 Å². The highest BCUT2D eigenvalue weighted by atomic mass is 79.9. The second-order valence-corrected chi connectivity index (χ2v) is 4.82. The second kappa shape index (κ2) is 6.80. The number of aliphatic carboxylic acids is 1. The van der Waals surface area contributed by atoms with Gasteiger partial charge in [-0.05, 0) is 56.5 Å². The van der Waals surface area contributed by atoms with Gasteiger partial charge in [-0.3, -0.25) is 0 Å². The lowest BCUT2D eigenvalue weighted by Crippen LogP contribution is -1.98. The Labute approximate surface area is 122 Å². The largest absolute Gasteiger partial charge is 0.493 e. The summed E-state index contributed by atoms with van der Waals surface area (Å²) in [6.07, 6.45) is 2.54. The molecule has 0 radical (unpaired) electrons. The van der Waals surface area contributed by atoms with Gasteiger partial charge in [-0.15, -0.1) is 0 Å². The monoisotopic (exact) mass is 378 g/mol. The predicted octanol–water partition coefficient (Wildman–Crippen LogP) is 3.72. The lowest BCUT2D eigenvalue weighted by Gasteiger charge is -2.14. The molecule has 0 aliphatic rings. The number of carbonyl (C=O) groups is 1. The van der Waals surface area contributed by atoms with Gasteiger partial charge in [0.15, 0.2) is 11.5 Å². The van der Waals surface area contributed by atoms with Crippen molar-refractivity contribution in [3.8, 4) is 11.5 Å². The first-order chi connectivity index (χ1) is 8.51. The lowest BCUT2D eigenvalue weighted by atomic mass is 10.2. The summed E-state index contributed by atoms with van der Waals surface area (Å²) in [5.74, 6) is 0.113. The molecule has 0 spiro atoms. The Kier molecular flexibility index (Phi) is 5.68. The first-order valence-corrected chi connectivity index (χ1v) is 6.69. The van der Waals surface area contributed by atoms with Crippen LogP contribution in [0.1, 0.15) is 12.5 Å². The van der Waals surface area contributed by atoms with Crippen LogP contribution in [0.3, 0.4) is 0 Å². The molecule has 0 amide bonds. The average molecular weight is 380 g/mol. The summed E-state index contributed by atoms with van der Waals surface area (Å²) in [5, 5.41) is 8.63. The molecule has 1 aromatic rings. The average Bonchev–Trinajstić information content (AvgIpc) is 2.34. The van der Waals surface area contributed by atoms with E-state index in [2.05, 4.69) is 31.9 Å². The van der Waals surface area contributed by atoms with Gasteiger partial charge in [0.05, 0.1) is 18.2 Å². The van der Waals surface area contributed by atoms with Crippen molar-refractivity contribution in [2.24, 2.45) is 0 Å². The van der Waals surface area contributed by atoms with Gasteiger partial charge in [0.25, 0.3) is 0 Å². The van der Waals surface area contributed by atoms with Crippen molar-refractivity contribution >= 4 is 43.9 Å². The highest BCUT2D eigenvalue weighted by molar-refractivity contribution is 9.13. The molecule has 0 heterocycles. The molecule has 1 rings (SSSR count). The predicted molar refractivity (Wildman–Crippen MR) is 76.2 cm³/mol. The number of halogens is 2. The summed E-state index contributed by atoms with van der Waals surface area (Å²) in [7, 11) is 1.53. The van der Waals surface area contributed by atoms with Gasteiger partial charge in [0.2, 0.25) is 0 Å². The molecule has 0 unspecified atom stereocenters. The zero-order chi connectivity index (χ0) is 13.7. The number of hydrogen-bond acceptors (Lipinski definition) is 3. The van der Waals surface area contributed by atoms with Crippen LogP contribution >= 0.6 is 31.9 Å². The van der Waals surface area contributed by atoms with E-state index in [1.807, 2.05) is 6.92 Å². The third kappa shape index (κ3) is 3.49. The highest BCUT2D eigenvalue weighted by Crippen LogP contribution is 2.43. The minimum atomic E-state index is -1.01. The molecule has 1 aromatic carbocycles. The van der Waals surface area contributed by atoms with E-state index < -0.39 is 5.97 Å². The molecule has 4 nitrogen and oxygen atoms in total. The fourth-order valence-electron chi connectivity index (χ4n) is 1.32. The second-order valence-electron chi connectivity index (χ2n) is 3.23. The van der Waals surface area contributed by atoms with Crippen LogP contribution in [0.4, 0.5) is 0 Å². The van der Waals surface area contributed by atoms with Crippen LogP contribution in [0, 0.1) is 0 Å². The molecule has 98 valence electrons. The Morgan fingerprint density at radius 1 is 1.44 bits per heavy atom. The quantitative estimate of drug-likeness (QED) is 0.792. The zero-order valence-corrected chi connectivity index (χ0v) is 13.0. The molecule has 0 aromatic heterocycles. The number of hydrogen-bond donors (Lipinski definition) is 1. The van der Waals surface area contributed by atoms with E-state index in [1.54, 1.807) is 6.07 Å². The maximum absolute atomic E-state index is 10.5. The summed E-state index contributed by atoms with van der Waals surface area (Å²) >= 11 is 6.79. The number of rotatable bonds is 5. The van der Waals surface area contributed by atoms with E-state index in [-0.39, 0.29) is 0 Å². The molecule has 0 saturated carbocycles. The fourth-order valence-corrected chi connectivity index (χ4v) is 2.28. The number of carboxylic acid groups (broad SMARTS) is 1. The lowest BCUT2D eigenvalue weighted by molar-refractivity contribution is -0.131. The van der Waals surface area contributed by atoms with Gasteiger partial charge >= 0.3 is 5.97 Å². The Morgan fingerprint density at radius 3 is 2.61 bits per heavy atom. The Bertz CT molecular complexity index is 483. The van der Waals surface area contributed by atoms with Gasteiger partial charge in [-0.1, -0.05) is 0 Å². The van der Waals surface area contributed by atoms with E-state index in [0.717, 1.165) is 6.08 Å². The summed E-state index contributed by atoms with van der Waals surface area (Å²) in [6.45, 7) is 2.38. The van der Waals surface area contributed by atoms with Crippen LogP contribution in [-0.4, -0.2) is 24.8 Å². The molecular weight excluding hydrogens is 368 g/mol. The minimum Gasteiger partial charge on any atom is -0.493 e. The zero-order valence-electron chi connectivity index (χ0n) is 9.87. The molecule has 0 bridgehead atoms. The van der Waals surface area contributed by atoms with Crippen LogP contribution in [0.5, 0.6) is 11.5 Å². The minimum absolute atomic E-state index is 0.506. The summed E-state index contributed by atoms with van der Waals surface area (Å²) in [6, 6.07) is 1.71. The number of methoxy groups -OCH3 is 1. The Hall–Kier alpha value is -1.01. The van der Waals surface area contributed by atoms with E-state index in [4.69, 9.17) is 14.6 Å².